The van der Waals surface area contributed by atoms with Gasteiger partial charge in [-0.2, -0.15) is 0 Å². The van der Waals surface area contributed by atoms with Gasteiger partial charge in [-0.25, -0.2) is 14.8 Å². The highest BCUT2D eigenvalue weighted by Crippen LogP contribution is 2.34. The number of hydrogen-bond donors (Lipinski definition) is 0. The minimum absolute atomic E-state index is 0.0616. The van der Waals surface area contributed by atoms with E-state index in [1.165, 1.54) is 0 Å². The molecule has 1 saturated heterocycles. The third-order valence-corrected chi connectivity index (χ3v) is 5.08. The molecule has 148 valence electrons. The molecule has 3 aromatic rings. The number of furan rings is 1. The molecular weight excluding hydrogens is 356 g/mol. The Labute approximate surface area is 164 Å². The van der Waals surface area contributed by atoms with Crippen LogP contribution in [0.1, 0.15) is 32.8 Å². The molecule has 1 fully saturated rings. The first-order valence-electron chi connectivity index (χ1n) is 9.57. The van der Waals surface area contributed by atoms with Crippen LogP contribution in [0.4, 0.5) is 10.6 Å². The van der Waals surface area contributed by atoms with Gasteiger partial charge in [0.1, 0.15) is 23.0 Å². The normalized spacial score (nSPS) is 17.5. The molecule has 1 atom stereocenters. The lowest BCUT2D eigenvalue weighted by molar-refractivity contribution is 0.0238. The molecule has 0 unspecified atom stereocenters. The van der Waals surface area contributed by atoms with Crippen molar-refractivity contribution in [2.45, 2.75) is 45.8 Å². The lowest BCUT2D eigenvalue weighted by Crippen LogP contribution is -2.42. The van der Waals surface area contributed by atoms with Gasteiger partial charge < -0.3 is 19.0 Å². The molecule has 0 saturated carbocycles. The predicted molar refractivity (Wildman–Crippen MR) is 109 cm³/mol. The smallest absolute Gasteiger partial charge is 0.410 e. The van der Waals surface area contributed by atoms with Crippen LogP contribution >= 0.6 is 0 Å². The molecule has 1 aromatic carbocycles. The molecular formula is C21H26N4O3. The lowest BCUT2D eigenvalue weighted by Gasteiger charge is -2.28. The zero-order chi connectivity index (χ0) is 20.1. The fourth-order valence-electron chi connectivity index (χ4n) is 3.64. The largest absolute Gasteiger partial charge is 0.450 e. The van der Waals surface area contributed by atoms with Gasteiger partial charge in [0.05, 0.1) is 6.04 Å². The number of rotatable bonds is 2. The molecule has 0 N–H and O–H groups in total. The van der Waals surface area contributed by atoms with E-state index < -0.39 is 5.60 Å². The number of aryl methyl sites for hydroxylation is 1. The molecule has 3 heterocycles. The molecule has 1 aliphatic rings. The molecule has 7 heteroatoms. The van der Waals surface area contributed by atoms with Crippen LogP contribution in [0.25, 0.3) is 22.1 Å². The SMILES string of the molecule is Cc1ccc2oc3c(N4CC[C@H](N(C)C(=O)OC(C)(C)C)C4)ncnc3c2c1. The number of aromatic nitrogens is 2. The number of amides is 1. The van der Waals surface area contributed by atoms with Crippen molar-refractivity contribution in [3.8, 4) is 0 Å². The van der Waals surface area contributed by atoms with Gasteiger partial charge in [-0.05, 0) is 46.2 Å². The van der Waals surface area contributed by atoms with E-state index in [0.717, 1.165) is 40.8 Å². The zero-order valence-electron chi connectivity index (χ0n) is 17.0. The van der Waals surface area contributed by atoms with Gasteiger partial charge in [0.15, 0.2) is 11.4 Å². The molecule has 1 aliphatic heterocycles. The maximum Gasteiger partial charge on any atom is 0.410 e. The van der Waals surface area contributed by atoms with Crippen LogP contribution in [-0.4, -0.2) is 52.7 Å². The zero-order valence-corrected chi connectivity index (χ0v) is 17.0. The number of carbonyl (C=O) groups is 1. The molecule has 0 aliphatic carbocycles. The van der Waals surface area contributed by atoms with Crippen LogP contribution in [0.5, 0.6) is 0 Å². The van der Waals surface area contributed by atoms with Crippen LogP contribution in [0, 0.1) is 6.92 Å². The van der Waals surface area contributed by atoms with Crippen molar-refractivity contribution in [3.05, 3.63) is 30.1 Å². The Balaban J connectivity index is 1.60. The van der Waals surface area contributed by atoms with E-state index in [9.17, 15) is 4.79 Å². The number of nitrogens with zero attached hydrogens (tertiary/aromatic N) is 4. The van der Waals surface area contributed by atoms with E-state index in [0.29, 0.717) is 12.1 Å². The van der Waals surface area contributed by atoms with Gasteiger partial charge in [-0.15, -0.1) is 0 Å². The van der Waals surface area contributed by atoms with E-state index >= 15 is 0 Å². The van der Waals surface area contributed by atoms with Crippen LogP contribution in [0.2, 0.25) is 0 Å². The summed E-state index contributed by atoms with van der Waals surface area (Å²) in [7, 11) is 1.79. The summed E-state index contributed by atoms with van der Waals surface area (Å²) >= 11 is 0. The van der Waals surface area contributed by atoms with Gasteiger partial charge in [-0.3, -0.25) is 0 Å². The highest BCUT2D eigenvalue weighted by Gasteiger charge is 2.33. The molecule has 2 aromatic heterocycles. The second-order valence-corrected chi connectivity index (χ2v) is 8.46. The van der Waals surface area contributed by atoms with Gasteiger partial charge >= 0.3 is 6.09 Å². The third kappa shape index (κ3) is 3.37. The van der Waals surface area contributed by atoms with E-state index in [2.05, 4.69) is 27.9 Å². The van der Waals surface area contributed by atoms with Crippen LogP contribution in [-0.2, 0) is 4.74 Å². The first kappa shape index (κ1) is 18.5. The van der Waals surface area contributed by atoms with Crippen molar-refractivity contribution >= 4 is 34.0 Å². The quantitative estimate of drug-likeness (QED) is 0.664. The topological polar surface area (TPSA) is 71.7 Å². The molecule has 0 spiro atoms. The Morgan fingerprint density at radius 3 is 2.86 bits per heavy atom. The van der Waals surface area contributed by atoms with Crippen LogP contribution in [0.15, 0.2) is 28.9 Å². The molecule has 4 rings (SSSR count). The minimum atomic E-state index is -0.505. The molecule has 0 radical (unpaired) electrons. The van der Waals surface area contributed by atoms with Gasteiger partial charge in [0.25, 0.3) is 0 Å². The van der Waals surface area contributed by atoms with Crippen molar-refractivity contribution < 1.29 is 13.9 Å². The third-order valence-electron chi connectivity index (χ3n) is 5.08. The summed E-state index contributed by atoms with van der Waals surface area (Å²) < 4.78 is 11.6. The highest BCUT2D eigenvalue weighted by molar-refractivity contribution is 6.05. The summed E-state index contributed by atoms with van der Waals surface area (Å²) in [6, 6.07) is 6.14. The van der Waals surface area contributed by atoms with Crippen LogP contribution in [0.3, 0.4) is 0 Å². The lowest BCUT2D eigenvalue weighted by atomic mass is 10.2. The number of benzene rings is 1. The molecule has 1 amide bonds. The van der Waals surface area contributed by atoms with Gasteiger partial charge in [0.2, 0.25) is 0 Å². The number of likely N-dealkylation sites (N-methyl/N-ethyl adjacent to an activating group) is 1. The maximum absolute atomic E-state index is 12.4. The Kier molecular flexibility index (Phi) is 4.40. The summed E-state index contributed by atoms with van der Waals surface area (Å²) in [5.74, 6) is 0.777. The van der Waals surface area contributed by atoms with Crippen molar-refractivity contribution in [3.63, 3.8) is 0 Å². The molecule has 0 bridgehead atoms. The van der Waals surface area contributed by atoms with Crippen molar-refractivity contribution in [1.82, 2.24) is 14.9 Å². The van der Waals surface area contributed by atoms with Crippen LogP contribution < -0.4 is 4.90 Å². The second kappa shape index (κ2) is 6.65. The number of fused-ring (bicyclic) bond motifs is 3. The van der Waals surface area contributed by atoms with E-state index in [1.54, 1.807) is 18.3 Å². The van der Waals surface area contributed by atoms with E-state index in [1.807, 2.05) is 32.9 Å². The summed E-state index contributed by atoms with van der Waals surface area (Å²) in [5, 5.41) is 1.00. The van der Waals surface area contributed by atoms with Crippen molar-refractivity contribution in [2.75, 3.05) is 25.0 Å². The Bertz CT molecular complexity index is 1040. The first-order chi connectivity index (χ1) is 13.2. The van der Waals surface area contributed by atoms with Crippen molar-refractivity contribution in [2.24, 2.45) is 0 Å². The summed E-state index contributed by atoms with van der Waals surface area (Å²) in [5.41, 5.74) is 2.99. The fourth-order valence-corrected chi connectivity index (χ4v) is 3.64. The average molecular weight is 382 g/mol. The second-order valence-electron chi connectivity index (χ2n) is 8.46. The minimum Gasteiger partial charge on any atom is -0.450 e. The number of carbonyl (C=O) groups excluding carboxylic acids is 1. The Morgan fingerprint density at radius 1 is 1.32 bits per heavy atom. The fraction of sp³-hybridized carbons (Fsp3) is 0.476. The molecule has 28 heavy (non-hydrogen) atoms. The number of anilines is 1. The van der Waals surface area contributed by atoms with Gasteiger partial charge in [-0.1, -0.05) is 11.6 Å². The summed E-state index contributed by atoms with van der Waals surface area (Å²) in [4.78, 5) is 25.2. The Hall–Kier alpha value is -2.83. The maximum atomic E-state index is 12.4. The van der Waals surface area contributed by atoms with E-state index in [-0.39, 0.29) is 12.1 Å². The average Bonchev–Trinajstić information content (AvgIpc) is 3.24. The highest BCUT2D eigenvalue weighted by atomic mass is 16.6. The van der Waals surface area contributed by atoms with Crippen molar-refractivity contribution in [1.29, 1.82) is 0 Å². The standard InChI is InChI=1S/C21H26N4O3/c1-13-6-7-16-15(10-13)17-18(27-16)19(23-12-22-17)25-9-8-14(11-25)24(5)20(26)28-21(2,3)4/h6-7,10,12,14H,8-9,11H2,1-5H3/t14-/m0/s1. The summed E-state index contributed by atoms with van der Waals surface area (Å²) in [6.07, 6.45) is 2.13. The monoisotopic (exact) mass is 382 g/mol. The van der Waals surface area contributed by atoms with Gasteiger partial charge in [0, 0.05) is 25.5 Å². The number of ether oxygens (including phenoxy) is 1. The Morgan fingerprint density at radius 2 is 2.11 bits per heavy atom. The predicted octanol–water partition coefficient (Wildman–Crippen LogP) is 4.13. The molecule has 7 nitrogen and oxygen atoms in total. The first-order valence-corrected chi connectivity index (χ1v) is 9.57. The number of hydrogen-bond acceptors (Lipinski definition) is 6. The van der Waals surface area contributed by atoms with E-state index in [4.69, 9.17) is 9.15 Å². The summed E-state index contributed by atoms with van der Waals surface area (Å²) in [6.45, 7) is 9.15.